The van der Waals surface area contributed by atoms with Gasteiger partial charge in [-0.05, 0) is 31.0 Å². The van der Waals surface area contributed by atoms with Crippen LogP contribution in [0, 0.1) is 5.82 Å². The zero-order valence-corrected chi connectivity index (χ0v) is 9.06. The van der Waals surface area contributed by atoms with Gasteiger partial charge in [0, 0.05) is 18.8 Å². The summed E-state index contributed by atoms with van der Waals surface area (Å²) in [6.45, 7) is 1.56. The van der Waals surface area contributed by atoms with Crippen molar-refractivity contribution in [3.05, 3.63) is 29.0 Å². The highest BCUT2D eigenvalue weighted by Gasteiger charge is 2.14. The van der Waals surface area contributed by atoms with Crippen LogP contribution in [0.5, 0.6) is 0 Å². The average Bonchev–Trinajstić information content (AvgIpc) is 2.73. The summed E-state index contributed by atoms with van der Waals surface area (Å²) in [5, 5.41) is 3.28. The van der Waals surface area contributed by atoms with E-state index in [2.05, 4.69) is 5.32 Å². The summed E-state index contributed by atoms with van der Waals surface area (Å²) in [7, 11) is 0. The van der Waals surface area contributed by atoms with Gasteiger partial charge in [0.25, 0.3) is 0 Å². The Balaban J connectivity index is 1.90. The maximum Gasteiger partial charge on any atom is 0.143 e. The summed E-state index contributed by atoms with van der Waals surface area (Å²) >= 11 is 5.58. The molecule has 0 saturated carbocycles. The van der Waals surface area contributed by atoms with Crippen molar-refractivity contribution in [2.45, 2.75) is 18.9 Å². The molecule has 4 heteroatoms. The fourth-order valence-electron chi connectivity index (χ4n) is 1.64. The minimum atomic E-state index is -0.394. The molecule has 1 aromatic carbocycles. The molecule has 1 heterocycles. The third-order valence-electron chi connectivity index (χ3n) is 2.48. The zero-order valence-electron chi connectivity index (χ0n) is 8.30. The SMILES string of the molecule is Fc1cc(NCC2CCCO2)ccc1Cl. The van der Waals surface area contributed by atoms with Crippen LogP contribution in [-0.4, -0.2) is 19.3 Å². The molecular weight excluding hydrogens is 217 g/mol. The molecule has 0 aliphatic carbocycles. The van der Waals surface area contributed by atoms with E-state index in [0.29, 0.717) is 0 Å². The third kappa shape index (κ3) is 2.83. The molecule has 0 amide bonds. The number of hydrogen-bond donors (Lipinski definition) is 1. The number of ether oxygens (including phenoxy) is 1. The van der Waals surface area contributed by atoms with Gasteiger partial charge in [0.05, 0.1) is 11.1 Å². The lowest BCUT2D eigenvalue weighted by atomic mass is 10.2. The van der Waals surface area contributed by atoms with Crippen LogP contribution in [0.15, 0.2) is 18.2 Å². The first-order valence-corrected chi connectivity index (χ1v) is 5.44. The number of rotatable bonds is 3. The van der Waals surface area contributed by atoms with Gasteiger partial charge in [-0.15, -0.1) is 0 Å². The van der Waals surface area contributed by atoms with E-state index in [4.69, 9.17) is 16.3 Å². The maximum atomic E-state index is 13.1. The Kier molecular flexibility index (Phi) is 3.44. The van der Waals surface area contributed by atoms with E-state index in [1.807, 2.05) is 0 Å². The molecule has 1 fully saturated rings. The Labute approximate surface area is 93.4 Å². The van der Waals surface area contributed by atoms with Crippen molar-refractivity contribution in [3.63, 3.8) is 0 Å². The second kappa shape index (κ2) is 4.81. The molecule has 1 aliphatic heterocycles. The summed E-state index contributed by atoms with van der Waals surface area (Å²) in [4.78, 5) is 0. The number of benzene rings is 1. The highest BCUT2D eigenvalue weighted by atomic mass is 35.5. The zero-order chi connectivity index (χ0) is 10.7. The topological polar surface area (TPSA) is 21.3 Å². The summed E-state index contributed by atoms with van der Waals surface area (Å²) in [5.74, 6) is -0.394. The molecule has 1 aromatic rings. The van der Waals surface area contributed by atoms with E-state index in [9.17, 15) is 4.39 Å². The molecule has 1 atom stereocenters. The standard InChI is InChI=1S/C11H13ClFNO/c12-10-4-3-8(6-11(10)13)14-7-9-2-1-5-15-9/h3-4,6,9,14H,1-2,5,7H2. The van der Waals surface area contributed by atoms with E-state index < -0.39 is 5.82 Å². The predicted molar refractivity (Wildman–Crippen MR) is 58.9 cm³/mol. The highest BCUT2D eigenvalue weighted by molar-refractivity contribution is 6.30. The Morgan fingerprint density at radius 3 is 3.07 bits per heavy atom. The van der Waals surface area contributed by atoms with Gasteiger partial charge in [0.1, 0.15) is 5.82 Å². The smallest absolute Gasteiger partial charge is 0.143 e. The second-order valence-corrected chi connectivity index (χ2v) is 4.05. The summed E-state index contributed by atoms with van der Waals surface area (Å²) < 4.78 is 18.5. The largest absolute Gasteiger partial charge is 0.382 e. The molecule has 82 valence electrons. The lowest BCUT2D eigenvalue weighted by molar-refractivity contribution is 0.120. The van der Waals surface area contributed by atoms with Crippen LogP contribution in [0.4, 0.5) is 10.1 Å². The number of anilines is 1. The number of hydrogen-bond acceptors (Lipinski definition) is 2. The minimum Gasteiger partial charge on any atom is -0.382 e. The van der Waals surface area contributed by atoms with Crippen LogP contribution in [-0.2, 0) is 4.74 Å². The van der Waals surface area contributed by atoms with Crippen molar-refractivity contribution in [2.75, 3.05) is 18.5 Å². The van der Waals surface area contributed by atoms with Gasteiger partial charge >= 0.3 is 0 Å². The summed E-state index contributed by atoms with van der Waals surface area (Å²) in [5.41, 5.74) is 0.743. The first-order chi connectivity index (χ1) is 7.25. The fraction of sp³-hybridized carbons (Fsp3) is 0.455. The molecular formula is C11H13ClFNO. The average molecular weight is 230 g/mol. The van der Waals surface area contributed by atoms with Crippen LogP contribution in [0.25, 0.3) is 0 Å². The molecule has 0 aromatic heterocycles. The quantitative estimate of drug-likeness (QED) is 0.860. The molecule has 0 bridgehead atoms. The van der Waals surface area contributed by atoms with Gasteiger partial charge < -0.3 is 10.1 Å². The molecule has 1 aliphatic rings. The lowest BCUT2D eigenvalue weighted by Gasteiger charge is -2.11. The summed E-state index contributed by atoms with van der Waals surface area (Å²) in [6.07, 6.45) is 2.44. The van der Waals surface area contributed by atoms with Gasteiger partial charge in [0.2, 0.25) is 0 Å². The van der Waals surface area contributed by atoms with Gasteiger partial charge in [0.15, 0.2) is 0 Å². The van der Waals surface area contributed by atoms with Crippen LogP contribution >= 0.6 is 11.6 Å². The van der Waals surface area contributed by atoms with Gasteiger partial charge in [-0.1, -0.05) is 11.6 Å². The van der Waals surface area contributed by atoms with Gasteiger partial charge in [-0.2, -0.15) is 0 Å². The number of halogens is 2. The van der Waals surface area contributed by atoms with Crippen LogP contribution in [0.2, 0.25) is 5.02 Å². The first kappa shape index (κ1) is 10.7. The first-order valence-electron chi connectivity index (χ1n) is 5.06. The molecule has 2 nitrogen and oxygen atoms in total. The molecule has 1 N–H and O–H groups in total. The normalized spacial score (nSPS) is 20.5. The van der Waals surface area contributed by atoms with Crippen molar-refractivity contribution < 1.29 is 9.13 Å². The highest BCUT2D eigenvalue weighted by Crippen LogP contribution is 2.19. The molecule has 1 saturated heterocycles. The molecule has 15 heavy (non-hydrogen) atoms. The molecule has 0 spiro atoms. The minimum absolute atomic E-state index is 0.151. The second-order valence-electron chi connectivity index (χ2n) is 3.64. The van der Waals surface area contributed by atoms with Crippen LogP contribution in [0.3, 0.4) is 0 Å². The van der Waals surface area contributed by atoms with E-state index >= 15 is 0 Å². The number of nitrogens with one attached hydrogen (secondary N) is 1. The Bertz CT molecular complexity index is 339. The molecule has 0 radical (unpaired) electrons. The van der Waals surface area contributed by atoms with Crippen LogP contribution in [0.1, 0.15) is 12.8 Å². The fourth-order valence-corrected chi connectivity index (χ4v) is 1.76. The Hall–Kier alpha value is -0.800. The van der Waals surface area contributed by atoms with Crippen LogP contribution < -0.4 is 5.32 Å². The lowest BCUT2D eigenvalue weighted by Crippen LogP contribution is -2.18. The molecule has 1 unspecified atom stereocenters. The van der Waals surface area contributed by atoms with E-state index in [1.165, 1.54) is 6.07 Å². The monoisotopic (exact) mass is 229 g/mol. The van der Waals surface area contributed by atoms with Crippen molar-refractivity contribution in [1.82, 2.24) is 0 Å². The van der Waals surface area contributed by atoms with Crippen molar-refractivity contribution in [1.29, 1.82) is 0 Å². The van der Waals surface area contributed by atoms with E-state index in [0.717, 1.165) is 31.7 Å². The summed E-state index contributed by atoms with van der Waals surface area (Å²) in [6, 6.07) is 4.71. The predicted octanol–water partition coefficient (Wildman–Crippen LogP) is 3.07. The van der Waals surface area contributed by atoms with E-state index in [1.54, 1.807) is 12.1 Å². The van der Waals surface area contributed by atoms with E-state index in [-0.39, 0.29) is 11.1 Å². The maximum absolute atomic E-state index is 13.1. The van der Waals surface area contributed by atoms with Gasteiger partial charge in [-0.25, -0.2) is 4.39 Å². The van der Waals surface area contributed by atoms with Crippen molar-refractivity contribution in [2.24, 2.45) is 0 Å². The van der Waals surface area contributed by atoms with Crippen molar-refractivity contribution in [3.8, 4) is 0 Å². The Morgan fingerprint density at radius 1 is 1.53 bits per heavy atom. The Morgan fingerprint density at radius 2 is 2.40 bits per heavy atom. The third-order valence-corrected chi connectivity index (χ3v) is 2.78. The van der Waals surface area contributed by atoms with Gasteiger partial charge in [-0.3, -0.25) is 0 Å². The molecule has 2 rings (SSSR count). The van der Waals surface area contributed by atoms with Crippen molar-refractivity contribution >= 4 is 17.3 Å².